The summed E-state index contributed by atoms with van der Waals surface area (Å²) in [6, 6.07) is 8.83. The Kier molecular flexibility index (Phi) is 6.75. The number of carbonyl (C=O) groups is 1. The molecule has 11 nitrogen and oxygen atoms in total. The smallest absolute Gasteiger partial charge is 0.319 e. The highest BCUT2D eigenvalue weighted by Gasteiger charge is 2.46. The first kappa shape index (κ1) is 23.4. The molecule has 1 atom stereocenters. The lowest BCUT2D eigenvalue weighted by molar-refractivity contribution is 0.122. The Morgan fingerprint density at radius 2 is 1.97 bits per heavy atom. The van der Waals surface area contributed by atoms with Crippen LogP contribution in [0.2, 0.25) is 0 Å². The summed E-state index contributed by atoms with van der Waals surface area (Å²) in [5, 5.41) is 5.53. The molecular weight excluding hydrogens is 470 g/mol. The van der Waals surface area contributed by atoms with E-state index in [0.717, 1.165) is 29.9 Å². The zero-order valence-electron chi connectivity index (χ0n) is 19.0. The first-order valence-electron chi connectivity index (χ1n) is 11.4. The van der Waals surface area contributed by atoms with Crippen molar-refractivity contribution in [3.05, 3.63) is 54.2 Å². The van der Waals surface area contributed by atoms with Crippen molar-refractivity contribution in [2.45, 2.75) is 24.8 Å². The Balaban J connectivity index is 1.35. The summed E-state index contributed by atoms with van der Waals surface area (Å²) in [4.78, 5) is 30.9. The molecule has 1 unspecified atom stereocenters. The number of morpholine rings is 1. The van der Waals surface area contributed by atoms with Crippen LogP contribution in [0, 0.1) is 0 Å². The second-order valence-electron chi connectivity index (χ2n) is 8.68. The van der Waals surface area contributed by atoms with Crippen LogP contribution in [-0.2, 0) is 27.8 Å². The first-order valence-corrected chi connectivity index (χ1v) is 12.7. The van der Waals surface area contributed by atoms with Crippen LogP contribution in [0.5, 0.6) is 0 Å². The summed E-state index contributed by atoms with van der Waals surface area (Å²) in [5.74, 6) is 2.02. The number of nitrogens with zero attached hydrogens (tertiary/aromatic N) is 4. The molecule has 2 fully saturated rings. The van der Waals surface area contributed by atoms with Gasteiger partial charge in [0.25, 0.3) is 0 Å². The van der Waals surface area contributed by atoms with Gasteiger partial charge in [0.05, 0.1) is 25.5 Å². The summed E-state index contributed by atoms with van der Waals surface area (Å²) in [6.07, 6.45) is 4.90. The number of amides is 2. The number of anilines is 2. The second-order valence-corrected chi connectivity index (χ2v) is 9.58. The molecule has 1 aromatic carbocycles. The maximum absolute atomic E-state index is 12.2. The predicted molar refractivity (Wildman–Crippen MR) is 130 cm³/mol. The van der Waals surface area contributed by atoms with Crippen LogP contribution in [-0.4, -0.2) is 66.8 Å². The van der Waals surface area contributed by atoms with E-state index in [1.807, 2.05) is 18.2 Å². The third-order valence-corrected chi connectivity index (χ3v) is 7.00. The molecule has 35 heavy (non-hydrogen) atoms. The van der Waals surface area contributed by atoms with Crippen LogP contribution in [0.4, 0.5) is 16.3 Å². The zero-order valence-corrected chi connectivity index (χ0v) is 19.8. The molecule has 2 amide bonds. The minimum atomic E-state index is -2.15. The minimum absolute atomic E-state index is 0.0575. The number of hydrogen-bond donors (Lipinski definition) is 3. The maximum atomic E-state index is 12.2. The number of aromatic nitrogens is 4. The largest absolute Gasteiger partial charge is 0.772 e. The zero-order chi connectivity index (χ0) is 24.3. The van der Waals surface area contributed by atoms with Crippen molar-refractivity contribution in [3.8, 4) is 11.4 Å². The lowest BCUT2D eigenvalue weighted by Crippen LogP contribution is -2.37. The standard InChI is InChI=1S/C23H27N7O4S/c31-22(26-14-19-24-7-8-25-19)27-17-3-1-16(2-4-17)21-28-18(23(5-6-23)15-35(32)33)13-20(29-21)30-9-11-34-12-10-30/h1-4,7-8,13H,5-6,9-12,14-15H2,(H,24,25)(H,32,33)(H2,26,27,31)/p-1. The minimum Gasteiger partial charge on any atom is -0.772 e. The average molecular weight is 497 g/mol. The number of carbonyl (C=O) groups excluding carboxylic acids is 1. The third-order valence-electron chi connectivity index (χ3n) is 6.21. The molecule has 2 aliphatic rings. The van der Waals surface area contributed by atoms with Crippen LogP contribution < -0.4 is 15.5 Å². The predicted octanol–water partition coefficient (Wildman–Crippen LogP) is 1.94. The lowest BCUT2D eigenvalue weighted by Gasteiger charge is -2.29. The van der Waals surface area contributed by atoms with Crippen LogP contribution in [0.15, 0.2) is 42.7 Å². The molecule has 0 bridgehead atoms. The van der Waals surface area contributed by atoms with Crippen molar-refractivity contribution in [1.29, 1.82) is 0 Å². The fraction of sp³-hybridized carbons (Fsp3) is 0.391. The summed E-state index contributed by atoms with van der Waals surface area (Å²) in [5.41, 5.74) is 1.71. The van der Waals surface area contributed by atoms with Gasteiger partial charge in [0.2, 0.25) is 0 Å². The van der Waals surface area contributed by atoms with Gasteiger partial charge in [0, 0.05) is 54.0 Å². The fourth-order valence-electron chi connectivity index (χ4n) is 4.08. The second kappa shape index (κ2) is 10.1. The summed E-state index contributed by atoms with van der Waals surface area (Å²) < 4.78 is 28.5. The normalized spacial score (nSPS) is 17.6. The summed E-state index contributed by atoms with van der Waals surface area (Å²) in [6.45, 7) is 2.95. The highest BCUT2D eigenvalue weighted by atomic mass is 32.2. The number of aromatic amines is 1. The summed E-state index contributed by atoms with van der Waals surface area (Å²) >= 11 is -2.15. The summed E-state index contributed by atoms with van der Waals surface area (Å²) in [7, 11) is 0. The number of urea groups is 1. The van der Waals surface area contributed by atoms with E-state index in [9.17, 15) is 13.6 Å². The molecule has 2 aromatic heterocycles. The number of benzene rings is 1. The van der Waals surface area contributed by atoms with Gasteiger partial charge in [-0.05, 0) is 37.1 Å². The van der Waals surface area contributed by atoms with Gasteiger partial charge in [-0.15, -0.1) is 0 Å². The number of H-pyrrole nitrogens is 1. The van der Waals surface area contributed by atoms with E-state index in [1.54, 1.807) is 24.5 Å². The van der Waals surface area contributed by atoms with E-state index < -0.39 is 16.5 Å². The van der Waals surface area contributed by atoms with Crippen molar-refractivity contribution in [3.63, 3.8) is 0 Å². The molecule has 3 N–H and O–H groups in total. The van der Waals surface area contributed by atoms with Gasteiger partial charge >= 0.3 is 6.03 Å². The Morgan fingerprint density at radius 3 is 2.63 bits per heavy atom. The van der Waals surface area contributed by atoms with Crippen molar-refractivity contribution in [1.82, 2.24) is 25.3 Å². The number of nitrogens with one attached hydrogen (secondary N) is 3. The molecule has 0 spiro atoms. The van der Waals surface area contributed by atoms with Crippen molar-refractivity contribution in [2.75, 3.05) is 42.3 Å². The SMILES string of the molecule is O=C(NCc1ncc[nH]1)Nc1ccc(-c2nc(N3CCOCC3)cc(C3(CS(=O)[O-])CC3)n2)cc1. The maximum Gasteiger partial charge on any atom is 0.319 e. The Hall–Kier alpha value is -3.35. The molecule has 12 heteroatoms. The average Bonchev–Trinajstić information content (AvgIpc) is 3.45. The Labute approximate surface area is 205 Å². The molecular formula is C23H26N7O4S-. The topological polar surface area (TPSA) is 148 Å². The molecule has 0 radical (unpaired) electrons. The molecule has 5 rings (SSSR count). The van der Waals surface area contributed by atoms with Crippen molar-refractivity contribution in [2.24, 2.45) is 0 Å². The molecule has 1 aliphatic carbocycles. The Bertz CT molecular complexity index is 1190. The quantitative estimate of drug-likeness (QED) is 0.401. The number of rotatable bonds is 8. The van der Waals surface area contributed by atoms with E-state index in [1.165, 1.54) is 0 Å². The molecule has 184 valence electrons. The fourth-order valence-corrected chi connectivity index (χ4v) is 4.96. The van der Waals surface area contributed by atoms with Crippen molar-refractivity contribution >= 4 is 28.6 Å². The van der Waals surface area contributed by atoms with Gasteiger partial charge in [-0.2, -0.15) is 0 Å². The van der Waals surface area contributed by atoms with E-state index in [2.05, 4.69) is 25.5 Å². The van der Waals surface area contributed by atoms with Gasteiger partial charge in [-0.25, -0.2) is 19.7 Å². The molecule has 1 saturated carbocycles. The number of hydrogen-bond acceptors (Lipinski definition) is 8. The van der Waals surface area contributed by atoms with Crippen LogP contribution in [0.3, 0.4) is 0 Å². The van der Waals surface area contributed by atoms with E-state index in [4.69, 9.17) is 14.7 Å². The van der Waals surface area contributed by atoms with Gasteiger partial charge in [0.1, 0.15) is 11.6 Å². The molecule has 1 aliphatic heterocycles. The van der Waals surface area contributed by atoms with E-state index in [0.29, 0.717) is 43.6 Å². The van der Waals surface area contributed by atoms with E-state index >= 15 is 0 Å². The molecule has 3 heterocycles. The molecule has 1 saturated heterocycles. The third kappa shape index (κ3) is 5.66. The van der Waals surface area contributed by atoms with Gasteiger partial charge in [0.15, 0.2) is 5.82 Å². The van der Waals surface area contributed by atoms with Crippen molar-refractivity contribution < 1.29 is 18.3 Å². The molecule has 3 aromatic rings. The van der Waals surface area contributed by atoms with Crippen LogP contribution in [0.25, 0.3) is 11.4 Å². The number of imidazole rings is 1. The van der Waals surface area contributed by atoms with Gasteiger partial charge in [-0.3, -0.25) is 4.21 Å². The van der Waals surface area contributed by atoms with Gasteiger partial charge < -0.3 is 29.8 Å². The van der Waals surface area contributed by atoms with Gasteiger partial charge in [-0.1, -0.05) is 11.1 Å². The van der Waals surface area contributed by atoms with E-state index in [-0.39, 0.29) is 18.3 Å². The van der Waals surface area contributed by atoms with Crippen LogP contribution >= 0.6 is 0 Å². The number of ether oxygens (including phenoxy) is 1. The monoisotopic (exact) mass is 496 g/mol. The highest BCUT2D eigenvalue weighted by molar-refractivity contribution is 7.79. The van der Waals surface area contributed by atoms with Crippen LogP contribution in [0.1, 0.15) is 24.4 Å². The lowest BCUT2D eigenvalue weighted by atomic mass is 10.0. The highest BCUT2D eigenvalue weighted by Crippen LogP contribution is 2.48. The first-order chi connectivity index (χ1) is 17.0. The Morgan fingerprint density at radius 1 is 1.20 bits per heavy atom.